The van der Waals surface area contributed by atoms with Crippen molar-refractivity contribution in [2.45, 2.75) is 51.6 Å². The Balaban J connectivity index is 1.50. The fraction of sp³-hybridized carbons (Fsp3) is 0.346. The summed E-state index contributed by atoms with van der Waals surface area (Å²) < 4.78 is 5.18. The van der Waals surface area contributed by atoms with Gasteiger partial charge in [-0.3, -0.25) is 4.79 Å². The first-order valence-electron chi connectivity index (χ1n) is 11.1. The molecule has 0 aliphatic carbocycles. The normalized spacial score (nSPS) is 21.6. The Labute approximate surface area is 187 Å². The van der Waals surface area contributed by atoms with Crippen LogP contribution in [0.1, 0.15) is 75.8 Å². The maximum atomic E-state index is 13.0. The average molecular weight is 427 g/mol. The first kappa shape index (κ1) is 20.3. The van der Waals surface area contributed by atoms with E-state index in [2.05, 4.69) is 58.7 Å². The van der Waals surface area contributed by atoms with Gasteiger partial charge in [-0.25, -0.2) is 0 Å². The number of anilines is 1. The second kappa shape index (κ2) is 7.83. The van der Waals surface area contributed by atoms with Crippen molar-refractivity contribution in [2.24, 2.45) is 0 Å². The van der Waals surface area contributed by atoms with Gasteiger partial charge in [0.15, 0.2) is 0 Å². The van der Waals surface area contributed by atoms with Crippen molar-refractivity contribution in [3.8, 4) is 6.07 Å². The van der Waals surface area contributed by atoms with Crippen LogP contribution in [-0.4, -0.2) is 23.7 Å². The Morgan fingerprint density at radius 1 is 1.19 bits per heavy atom. The molecule has 6 nitrogen and oxygen atoms in total. The lowest BCUT2D eigenvalue weighted by atomic mass is 9.86. The topological polar surface area (TPSA) is 82.2 Å². The zero-order chi connectivity index (χ0) is 22.4. The number of hydrogen-bond donors (Lipinski definition) is 1. The quantitative estimate of drug-likeness (QED) is 0.638. The van der Waals surface area contributed by atoms with Gasteiger partial charge in [-0.15, -0.1) is 0 Å². The standard InChI is InChI=1S/C26H26N4O2/c1-15-20-6-4-5-7-21(20)24-13-19(28-26(31)25-16(2)29-32-17(25)3)10-11-30(24)23-9-8-18(14-27)12-22(15)23/h4-9,12,15,19,24H,10-11,13H2,1-3H3,(H,28,31)/t15-,19-,24-/m1/s1. The summed E-state index contributed by atoms with van der Waals surface area (Å²) in [6.45, 7) is 6.61. The number of carbonyl (C=O) groups is 1. The van der Waals surface area contributed by atoms with E-state index in [4.69, 9.17) is 4.52 Å². The Bertz CT molecular complexity index is 1220. The Hall–Kier alpha value is -3.59. The second-order valence-electron chi connectivity index (χ2n) is 8.84. The van der Waals surface area contributed by atoms with Gasteiger partial charge < -0.3 is 14.7 Å². The summed E-state index contributed by atoms with van der Waals surface area (Å²) in [6.07, 6.45) is 1.67. The van der Waals surface area contributed by atoms with Crippen molar-refractivity contribution in [3.63, 3.8) is 0 Å². The van der Waals surface area contributed by atoms with Gasteiger partial charge in [0.1, 0.15) is 11.3 Å². The molecular weight excluding hydrogens is 400 g/mol. The molecule has 2 aromatic carbocycles. The van der Waals surface area contributed by atoms with Gasteiger partial charge >= 0.3 is 0 Å². The highest BCUT2D eigenvalue weighted by Crippen LogP contribution is 2.46. The summed E-state index contributed by atoms with van der Waals surface area (Å²) in [5.74, 6) is 0.623. The minimum absolute atomic E-state index is 0.0562. The molecular formula is C26H26N4O2. The van der Waals surface area contributed by atoms with Crippen LogP contribution in [0.15, 0.2) is 47.0 Å². The van der Waals surface area contributed by atoms with Crippen LogP contribution in [0, 0.1) is 25.2 Å². The van der Waals surface area contributed by atoms with Gasteiger partial charge in [-0.05, 0) is 61.6 Å². The highest BCUT2D eigenvalue weighted by molar-refractivity contribution is 5.96. The van der Waals surface area contributed by atoms with E-state index in [9.17, 15) is 10.1 Å². The molecule has 5 rings (SSSR count). The van der Waals surface area contributed by atoms with Crippen LogP contribution < -0.4 is 10.2 Å². The molecule has 1 amide bonds. The predicted molar refractivity (Wildman–Crippen MR) is 122 cm³/mol. The maximum absolute atomic E-state index is 13.0. The lowest BCUT2D eigenvalue weighted by molar-refractivity contribution is 0.0925. The lowest BCUT2D eigenvalue weighted by Gasteiger charge is -2.41. The van der Waals surface area contributed by atoms with Gasteiger partial charge in [0, 0.05) is 24.2 Å². The van der Waals surface area contributed by atoms with E-state index in [0.717, 1.165) is 19.4 Å². The van der Waals surface area contributed by atoms with Crippen LogP contribution >= 0.6 is 0 Å². The van der Waals surface area contributed by atoms with E-state index in [1.165, 1.54) is 22.4 Å². The van der Waals surface area contributed by atoms with Crippen LogP contribution in [0.25, 0.3) is 0 Å². The third-order valence-electron chi connectivity index (χ3n) is 6.95. The molecule has 32 heavy (non-hydrogen) atoms. The summed E-state index contributed by atoms with van der Waals surface area (Å²) in [5, 5.41) is 16.6. The zero-order valence-corrected chi connectivity index (χ0v) is 18.6. The number of rotatable bonds is 2. The van der Waals surface area contributed by atoms with Crippen molar-refractivity contribution in [1.82, 2.24) is 10.5 Å². The van der Waals surface area contributed by atoms with Crippen LogP contribution in [-0.2, 0) is 0 Å². The number of nitrogens with zero attached hydrogens (tertiary/aromatic N) is 3. The number of aryl methyl sites for hydroxylation is 2. The van der Waals surface area contributed by atoms with Crippen LogP contribution in [0.3, 0.4) is 0 Å². The summed E-state index contributed by atoms with van der Waals surface area (Å²) in [7, 11) is 0. The molecule has 1 N–H and O–H groups in total. The molecule has 1 saturated heterocycles. The number of nitriles is 1. The molecule has 0 unspecified atom stereocenters. The Kier molecular flexibility index (Phi) is 4.97. The molecule has 1 fully saturated rings. The predicted octanol–water partition coefficient (Wildman–Crippen LogP) is 4.77. The lowest BCUT2D eigenvalue weighted by Crippen LogP contribution is -2.46. The van der Waals surface area contributed by atoms with Gasteiger partial charge in [0.25, 0.3) is 5.91 Å². The fourth-order valence-corrected chi connectivity index (χ4v) is 5.35. The molecule has 3 aromatic rings. The molecule has 0 spiro atoms. The monoisotopic (exact) mass is 426 g/mol. The molecule has 3 heterocycles. The van der Waals surface area contributed by atoms with Crippen LogP contribution in [0.4, 0.5) is 5.69 Å². The number of carbonyl (C=O) groups excluding carboxylic acids is 1. The summed E-state index contributed by atoms with van der Waals surface area (Å²) in [6, 6.07) is 17.1. The van der Waals surface area contributed by atoms with Gasteiger partial charge in [-0.2, -0.15) is 5.26 Å². The molecule has 0 radical (unpaired) electrons. The van der Waals surface area contributed by atoms with Crippen molar-refractivity contribution in [3.05, 3.63) is 81.7 Å². The molecule has 162 valence electrons. The Morgan fingerprint density at radius 2 is 1.97 bits per heavy atom. The third-order valence-corrected chi connectivity index (χ3v) is 6.95. The molecule has 0 saturated carbocycles. The minimum atomic E-state index is -0.117. The molecule has 3 atom stereocenters. The van der Waals surface area contributed by atoms with Crippen LogP contribution in [0.2, 0.25) is 0 Å². The average Bonchev–Trinajstić information content (AvgIpc) is 3.11. The van der Waals surface area contributed by atoms with Crippen molar-refractivity contribution < 1.29 is 9.32 Å². The van der Waals surface area contributed by atoms with Crippen molar-refractivity contribution in [1.29, 1.82) is 5.26 Å². The number of benzene rings is 2. The maximum Gasteiger partial charge on any atom is 0.257 e. The highest BCUT2D eigenvalue weighted by atomic mass is 16.5. The number of hydrogen-bond acceptors (Lipinski definition) is 5. The van der Waals surface area contributed by atoms with E-state index in [-0.39, 0.29) is 23.9 Å². The van der Waals surface area contributed by atoms with E-state index in [0.29, 0.717) is 22.6 Å². The first-order valence-corrected chi connectivity index (χ1v) is 11.1. The summed E-state index contributed by atoms with van der Waals surface area (Å²) in [5.41, 5.74) is 6.81. The molecule has 0 bridgehead atoms. The molecule has 2 aliphatic rings. The second-order valence-corrected chi connectivity index (χ2v) is 8.84. The smallest absolute Gasteiger partial charge is 0.257 e. The Morgan fingerprint density at radius 3 is 2.69 bits per heavy atom. The largest absolute Gasteiger partial charge is 0.364 e. The van der Waals surface area contributed by atoms with Crippen molar-refractivity contribution >= 4 is 11.6 Å². The summed E-state index contributed by atoms with van der Waals surface area (Å²) >= 11 is 0. The number of aromatic nitrogens is 1. The number of nitrogens with one attached hydrogen (secondary N) is 1. The van der Waals surface area contributed by atoms with Gasteiger partial charge in [-0.1, -0.05) is 36.3 Å². The zero-order valence-electron chi connectivity index (χ0n) is 18.6. The van der Waals surface area contributed by atoms with E-state index >= 15 is 0 Å². The van der Waals surface area contributed by atoms with Crippen molar-refractivity contribution in [2.75, 3.05) is 11.4 Å². The van der Waals surface area contributed by atoms with E-state index in [1.807, 2.05) is 12.1 Å². The number of piperidine rings is 1. The molecule has 2 aliphatic heterocycles. The molecule has 1 aromatic heterocycles. The fourth-order valence-electron chi connectivity index (χ4n) is 5.35. The van der Waals surface area contributed by atoms with E-state index in [1.54, 1.807) is 13.8 Å². The van der Waals surface area contributed by atoms with Crippen LogP contribution in [0.5, 0.6) is 0 Å². The number of amides is 1. The summed E-state index contributed by atoms with van der Waals surface area (Å²) in [4.78, 5) is 15.4. The first-order chi connectivity index (χ1) is 15.5. The highest BCUT2D eigenvalue weighted by Gasteiger charge is 2.37. The SMILES string of the molecule is Cc1noc(C)c1C(=O)N[C@@H]1CCN2c3ccc(C#N)cc3[C@H](C)c3ccccc3[C@H]2C1. The van der Waals surface area contributed by atoms with Gasteiger partial charge in [0.05, 0.1) is 23.4 Å². The third kappa shape index (κ3) is 3.25. The molecule has 6 heteroatoms. The number of fused-ring (bicyclic) bond motifs is 5. The van der Waals surface area contributed by atoms with E-state index < -0.39 is 0 Å². The van der Waals surface area contributed by atoms with Gasteiger partial charge in [0.2, 0.25) is 0 Å². The minimum Gasteiger partial charge on any atom is -0.364 e.